The predicted molar refractivity (Wildman–Crippen MR) is 117 cm³/mol. The first-order valence-corrected chi connectivity index (χ1v) is 9.94. The molecular weight excluding hydrogens is 372 g/mol. The Morgan fingerprint density at radius 2 is 1.75 bits per heavy atom. The van der Waals surface area contributed by atoms with Crippen molar-refractivity contribution in [1.29, 1.82) is 0 Å². The van der Waals surface area contributed by atoms with E-state index in [1.165, 1.54) is 0 Å². The van der Waals surface area contributed by atoms with Gasteiger partial charge in [0.25, 0.3) is 0 Å². The predicted octanol–water partition coefficient (Wildman–Crippen LogP) is 5.66. The van der Waals surface area contributed by atoms with E-state index >= 15 is 0 Å². The van der Waals surface area contributed by atoms with E-state index in [-0.39, 0.29) is 5.97 Å². The summed E-state index contributed by atoms with van der Waals surface area (Å²) in [5.41, 5.74) is 3.70. The highest BCUT2D eigenvalue weighted by Gasteiger charge is 2.21. The lowest BCUT2D eigenvalue weighted by molar-refractivity contribution is 0.0526. The Hall–Kier alpha value is -2.43. The molecule has 1 N–H and O–H groups in total. The maximum Gasteiger partial charge on any atom is 0.340 e. The van der Waals surface area contributed by atoms with Crippen molar-refractivity contribution in [1.82, 2.24) is 10.3 Å². The van der Waals surface area contributed by atoms with Gasteiger partial charge < -0.3 is 10.1 Å². The average molecular weight is 399 g/mol. The van der Waals surface area contributed by atoms with E-state index < -0.39 is 0 Å². The summed E-state index contributed by atoms with van der Waals surface area (Å²) in [6.07, 6.45) is 0. The molecule has 0 aliphatic carbocycles. The Morgan fingerprint density at radius 3 is 2.32 bits per heavy atom. The number of fused-ring (bicyclic) bond motifs is 1. The highest BCUT2D eigenvalue weighted by molar-refractivity contribution is 6.31. The highest BCUT2D eigenvalue weighted by atomic mass is 35.5. The van der Waals surface area contributed by atoms with Gasteiger partial charge in [-0.3, -0.25) is 4.98 Å². The van der Waals surface area contributed by atoms with E-state index in [2.05, 4.69) is 24.1 Å². The third-order valence-electron chi connectivity index (χ3n) is 4.17. The summed E-state index contributed by atoms with van der Waals surface area (Å²) in [4.78, 5) is 17.0. The second kappa shape index (κ2) is 10.8. The van der Waals surface area contributed by atoms with Crippen LogP contribution in [-0.4, -0.2) is 30.6 Å². The molecule has 3 rings (SSSR count). The molecule has 0 amide bonds. The Morgan fingerprint density at radius 1 is 1.07 bits per heavy atom. The molecule has 1 heterocycles. The number of hydrogen-bond acceptors (Lipinski definition) is 4. The van der Waals surface area contributed by atoms with Gasteiger partial charge in [0.15, 0.2) is 0 Å². The average Bonchev–Trinajstić information content (AvgIpc) is 2.69. The number of carbonyl (C=O) groups is 1. The molecule has 28 heavy (non-hydrogen) atoms. The maximum atomic E-state index is 12.5. The molecule has 148 valence electrons. The van der Waals surface area contributed by atoms with Crippen LogP contribution >= 0.6 is 11.6 Å². The van der Waals surface area contributed by atoms with Gasteiger partial charge in [0.1, 0.15) is 0 Å². The van der Waals surface area contributed by atoms with E-state index in [0.29, 0.717) is 22.9 Å². The second-order valence-electron chi connectivity index (χ2n) is 6.15. The lowest BCUT2D eigenvalue weighted by Gasteiger charge is -2.15. The van der Waals surface area contributed by atoms with Gasteiger partial charge in [-0.1, -0.05) is 55.8 Å². The zero-order valence-corrected chi connectivity index (χ0v) is 17.6. The van der Waals surface area contributed by atoms with Gasteiger partial charge in [0, 0.05) is 16.0 Å². The van der Waals surface area contributed by atoms with E-state index in [4.69, 9.17) is 16.3 Å². The zero-order valence-electron chi connectivity index (χ0n) is 16.9. The van der Waals surface area contributed by atoms with Gasteiger partial charge in [-0.25, -0.2) is 4.79 Å². The Balaban J connectivity index is 0.000000500. The van der Waals surface area contributed by atoms with E-state index in [9.17, 15) is 4.79 Å². The summed E-state index contributed by atoms with van der Waals surface area (Å²) in [6.45, 7) is 10.3. The summed E-state index contributed by atoms with van der Waals surface area (Å²) >= 11 is 6.17. The summed E-state index contributed by atoms with van der Waals surface area (Å²) in [5.74, 6) is -0.363. The van der Waals surface area contributed by atoms with Crippen LogP contribution in [0, 0.1) is 6.92 Å². The quantitative estimate of drug-likeness (QED) is 0.563. The summed E-state index contributed by atoms with van der Waals surface area (Å²) in [7, 11) is 0. The van der Waals surface area contributed by atoms with Crippen molar-refractivity contribution in [3.05, 3.63) is 64.8 Å². The first kappa shape index (κ1) is 21.9. The molecule has 4 nitrogen and oxygen atoms in total. The Bertz CT molecular complexity index is 925. The van der Waals surface area contributed by atoms with Crippen LogP contribution in [0.25, 0.3) is 22.0 Å². The van der Waals surface area contributed by atoms with Gasteiger partial charge in [-0.15, -0.1) is 0 Å². The van der Waals surface area contributed by atoms with Crippen LogP contribution < -0.4 is 5.32 Å². The maximum absolute atomic E-state index is 12.5. The molecule has 0 bridgehead atoms. The molecule has 3 aromatic rings. The molecule has 0 saturated carbocycles. The van der Waals surface area contributed by atoms with Crippen LogP contribution in [0.1, 0.15) is 36.8 Å². The first-order valence-electron chi connectivity index (χ1n) is 9.56. The number of rotatable bonds is 5. The lowest BCUT2D eigenvalue weighted by atomic mass is 9.94. The highest BCUT2D eigenvalue weighted by Crippen LogP contribution is 2.34. The van der Waals surface area contributed by atoms with E-state index in [1.807, 2.05) is 49.4 Å². The number of ether oxygens (including phenoxy) is 1. The standard InChI is InChI=1S/C19H16ClNO2.C4H11N/c1-3-23-19(22)17-12(2)21-16-10-9-14(20)11-15(16)18(17)13-7-5-4-6-8-13;1-3-5-4-2/h4-11H,3H2,1-2H3;5H,3-4H2,1-2H3. The number of halogens is 1. The van der Waals surface area contributed by atoms with Gasteiger partial charge in [-0.2, -0.15) is 0 Å². The van der Waals surface area contributed by atoms with Gasteiger partial charge in [0.05, 0.1) is 23.4 Å². The summed E-state index contributed by atoms with van der Waals surface area (Å²) in [5, 5.41) is 4.56. The fourth-order valence-electron chi connectivity index (χ4n) is 2.97. The molecule has 1 aromatic heterocycles. The summed E-state index contributed by atoms with van der Waals surface area (Å²) < 4.78 is 5.24. The third-order valence-corrected chi connectivity index (χ3v) is 4.41. The minimum Gasteiger partial charge on any atom is -0.462 e. The van der Waals surface area contributed by atoms with Crippen molar-refractivity contribution in [3.63, 3.8) is 0 Å². The van der Waals surface area contributed by atoms with Gasteiger partial charge in [0.2, 0.25) is 0 Å². The molecule has 0 radical (unpaired) electrons. The number of aryl methyl sites for hydroxylation is 1. The fraction of sp³-hybridized carbons (Fsp3) is 0.304. The lowest BCUT2D eigenvalue weighted by Crippen LogP contribution is -2.10. The minimum atomic E-state index is -0.363. The topological polar surface area (TPSA) is 51.2 Å². The van der Waals surface area contributed by atoms with Crippen molar-refractivity contribution in [2.45, 2.75) is 27.7 Å². The molecule has 0 aliphatic rings. The van der Waals surface area contributed by atoms with E-state index in [1.54, 1.807) is 13.0 Å². The third kappa shape index (κ3) is 5.31. The minimum absolute atomic E-state index is 0.320. The van der Waals surface area contributed by atoms with Crippen LogP contribution in [0.15, 0.2) is 48.5 Å². The van der Waals surface area contributed by atoms with E-state index in [0.717, 1.165) is 35.1 Å². The molecule has 2 aromatic carbocycles. The smallest absolute Gasteiger partial charge is 0.340 e. The van der Waals surface area contributed by atoms with Crippen molar-refractivity contribution in [3.8, 4) is 11.1 Å². The Kier molecular flexibility index (Phi) is 8.42. The molecule has 0 unspecified atom stereocenters. The number of nitrogens with one attached hydrogen (secondary N) is 1. The number of aromatic nitrogens is 1. The number of esters is 1. The van der Waals surface area contributed by atoms with Gasteiger partial charge in [-0.05, 0) is 50.7 Å². The zero-order chi connectivity index (χ0) is 20.5. The molecule has 0 atom stereocenters. The van der Waals surface area contributed by atoms with Crippen LogP contribution in [0.2, 0.25) is 5.02 Å². The van der Waals surface area contributed by atoms with Gasteiger partial charge >= 0.3 is 5.97 Å². The fourth-order valence-corrected chi connectivity index (χ4v) is 3.14. The number of benzene rings is 2. The molecule has 0 fully saturated rings. The number of pyridine rings is 1. The van der Waals surface area contributed by atoms with Crippen molar-refractivity contribution in [2.75, 3.05) is 19.7 Å². The first-order chi connectivity index (χ1) is 13.5. The van der Waals surface area contributed by atoms with Crippen LogP contribution in [0.4, 0.5) is 0 Å². The van der Waals surface area contributed by atoms with Crippen LogP contribution in [-0.2, 0) is 4.74 Å². The van der Waals surface area contributed by atoms with Crippen molar-refractivity contribution >= 4 is 28.5 Å². The monoisotopic (exact) mass is 398 g/mol. The summed E-state index contributed by atoms with van der Waals surface area (Å²) in [6, 6.07) is 15.3. The van der Waals surface area contributed by atoms with Crippen LogP contribution in [0.3, 0.4) is 0 Å². The normalized spacial score (nSPS) is 10.3. The van der Waals surface area contributed by atoms with Crippen molar-refractivity contribution < 1.29 is 9.53 Å². The molecule has 0 aliphatic heterocycles. The number of carbonyl (C=O) groups excluding carboxylic acids is 1. The largest absolute Gasteiger partial charge is 0.462 e. The van der Waals surface area contributed by atoms with Crippen molar-refractivity contribution in [2.24, 2.45) is 0 Å². The molecular formula is C23H27ClN2O2. The molecule has 0 saturated heterocycles. The number of hydrogen-bond donors (Lipinski definition) is 1. The SMILES string of the molecule is CCNCC.CCOC(=O)c1c(C)nc2ccc(Cl)cc2c1-c1ccccc1. The molecule has 0 spiro atoms. The number of nitrogens with zero attached hydrogens (tertiary/aromatic N) is 1. The second-order valence-corrected chi connectivity index (χ2v) is 6.59. The van der Waals surface area contributed by atoms with Crippen LogP contribution in [0.5, 0.6) is 0 Å². The Labute approximate surface area is 171 Å². The molecule has 5 heteroatoms.